The summed E-state index contributed by atoms with van der Waals surface area (Å²) in [6.07, 6.45) is -1.82. The molecule has 0 aliphatic rings. The Morgan fingerprint density at radius 1 is 1.32 bits per heavy atom. The monoisotopic (exact) mass is 400 g/mol. The van der Waals surface area contributed by atoms with Gasteiger partial charge in [-0.05, 0) is 31.5 Å². The van der Waals surface area contributed by atoms with Gasteiger partial charge in [0.25, 0.3) is 6.43 Å². The molecular weight excluding hydrogens is 386 g/mol. The number of ether oxygens (including phenoxy) is 2. The molecule has 0 aliphatic heterocycles. The van der Waals surface area contributed by atoms with E-state index in [0.29, 0.717) is 13.0 Å². The van der Waals surface area contributed by atoms with Crippen LogP contribution in [0.1, 0.15) is 23.7 Å². The topological polar surface area (TPSA) is 18.5 Å². The van der Waals surface area contributed by atoms with E-state index in [1.807, 2.05) is 25.1 Å². The summed E-state index contributed by atoms with van der Waals surface area (Å²) in [6, 6.07) is 5.75. The van der Waals surface area contributed by atoms with Crippen molar-refractivity contribution in [3.8, 4) is 5.75 Å². The van der Waals surface area contributed by atoms with Gasteiger partial charge in [-0.25, -0.2) is 8.78 Å². The first-order valence-electron chi connectivity index (χ1n) is 5.96. The zero-order valence-corrected chi connectivity index (χ0v) is 13.7. The highest BCUT2D eigenvalue weighted by atomic mass is 79.9. The minimum absolute atomic E-state index is 0.00391. The highest BCUT2D eigenvalue weighted by Gasteiger charge is 2.14. The molecule has 1 unspecified atom stereocenters. The van der Waals surface area contributed by atoms with Crippen LogP contribution in [0.3, 0.4) is 0 Å². The van der Waals surface area contributed by atoms with Crippen molar-refractivity contribution < 1.29 is 18.3 Å². The summed E-state index contributed by atoms with van der Waals surface area (Å²) in [5, 5.41) is 0. The lowest BCUT2D eigenvalue weighted by Crippen LogP contribution is -2.07. The Hall–Kier alpha value is -0.200. The van der Waals surface area contributed by atoms with Gasteiger partial charge in [-0.15, -0.1) is 0 Å². The summed E-state index contributed by atoms with van der Waals surface area (Å²) in [5.74, 6) is 0.793. The quantitative estimate of drug-likeness (QED) is 0.453. The molecule has 0 saturated heterocycles. The predicted molar refractivity (Wildman–Crippen MR) is 78.4 cm³/mol. The highest BCUT2D eigenvalue weighted by molar-refractivity contribution is 9.10. The van der Waals surface area contributed by atoms with Gasteiger partial charge in [-0.2, -0.15) is 0 Å². The van der Waals surface area contributed by atoms with Crippen molar-refractivity contribution in [3.05, 3.63) is 28.2 Å². The number of hydrogen-bond acceptors (Lipinski definition) is 2. The van der Waals surface area contributed by atoms with E-state index in [4.69, 9.17) is 9.47 Å². The Kier molecular flexibility index (Phi) is 7.87. The standard InChI is InChI=1S/C13H16Br2F2O2/c1-2-19-12-4-3-9(14)7-10(12)11(15)5-6-18-8-13(16)17/h3-4,7,11,13H,2,5-6,8H2,1H3. The van der Waals surface area contributed by atoms with Crippen LogP contribution in [0.25, 0.3) is 0 Å². The Morgan fingerprint density at radius 3 is 2.68 bits per heavy atom. The molecule has 0 aliphatic carbocycles. The molecule has 1 atom stereocenters. The van der Waals surface area contributed by atoms with Crippen molar-refractivity contribution in [1.29, 1.82) is 0 Å². The Balaban J connectivity index is 2.59. The van der Waals surface area contributed by atoms with Gasteiger partial charge in [-0.1, -0.05) is 31.9 Å². The van der Waals surface area contributed by atoms with Gasteiger partial charge in [0.1, 0.15) is 12.4 Å². The Labute approximate surface area is 128 Å². The Morgan fingerprint density at radius 2 is 2.05 bits per heavy atom. The van der Waals surface area contributed by atoms with Crippen LogP contribution in [-0.2, 0) is 4.74 Å². The van der Waals surface area contributed by atoms with Crippen LogP contribution in [0.5, 0.6) is 5.75 Å². The zero-order valence-electron chi connectivity index (χ0n) is 10.5. The van der Waals surface area contributed by atoms with E-state index in [9.17, 15) is 8.78 Å². The SMILES string of the molecule is CCOc1ccc(Br)cc1C(Br)CCOCC(F)F. The van der Waals surface area contributed by atoms with Gasteiger partial charge in [0.15, 0.2) is 0 Å². The number of alkyl halides is 3. The third kappa shape index (κ3) is 6.19. The lowest BCUT2D eigenvalue weighted by atomic mass is 10.1. The summed E-state index contributed by atoms with van der Waals surface area (Å²) >= 11 is 6.95. The van der Waals surface area contributed by atoms with Crippen molar-refractivity contribution in [2.75, 3.05) is 19.8 Å². The maximum atomic E-state index is 11.9. The molecule has 0 heterocycles. The lowest BCUT2D eigenvalue weighted by Gasteiger charge is -2.16. The molecule has 0 spiro atoms. The van der Waals surface area contributed by atoms with Crippen LogP contribution >= 0.6 is 31.9 Å². The van der Waals surface area contributed by atoms with Crippen molar-refractivity contribution in [1.82, 2.24) is 0 Å². The first kappa shape index (κ1) is 16.9. The zero-order chi connectivity index (χ0) is 14.3. The summed E-state index contributed by atoms with van der Waals surface area (Å²) in [6.45, 7) is 2.26. The van der Waals surface area contributed by atoms with Gasteiger partial charge in [0.05, 0.1) is 6.61 Å². The average Bonchev–Trinajstić information content (AvgIpc) is 2.36. The fraction of sp³-hybridized carbons (Fsp3) is 0.538. The molecular formula is C13H16Br2F2O2. The minimum atomic E-state index is -2.42. The molecule has 0 amide bonds. The van der Waals surface area contributed by atoms with Gasteiger partial charge in [0, 0.05) is 21.5 Å². The van der Waals surface area contributed by atoms with E-state index in [0.717, 1.165) is 15.8 Å². The smallest absolute Gasteiger partial charge is 0.261 e. The second-order valence-corrected chi connectivity index (χ2v) is 5.86. The normalized spacial score (nSPS) is 12.7. The minimum Gasteiger partial charge on any atom is -0.494 e. The second-order valence-electron chi connectivity index (χ2n) is 3.84. The average molecular weight is 402 g/mol. The molecule has 1 rings (SSSR count). The fourth-order valence-electron chi connectivity index (χ4n) is 1.57. The maximum absolute atomic E-state index is 11.9. The molecule has 6 heteroatoms. The predicted octanol–water partition coefficient (Wildman–Crippen LogP) is 4.96. The number of halogens is 4. The third-order valence-electron chi connectivity index (χ3n) is 2.37. The first-order chi connectivity index (χ1) is 9.04. The highest BCUT2D eigenvalue weighted by Crippen LogP contribution is 2.35. The lowest BCUT2D eigenvalue weighted by molar-refractivity contribution is 0.0167. The van der Waals surface area contributed by atoms with E-state index >= 15 is 0 Å². The third-order valence-corrected chi connectivity index (χ3v) is 3.81. The fourth-order valence-corrected chi connectivity index (χ4v) is 2.49. The summed E-state index contributed by atoms with van der Waals surface area (Å²) < 4.78 is 35.3. The van der Waals surface area contributed by atoms with Gasteiger partial charge < -0.3 is 9.47 Å². The number of rotatable bonds is 8. The molecule has 2 nitrogen and oxygen atoms in total. The summed E-state index contributed by atoms with van der Waals surface area (Å²) in [4.78, 5) is 0.00391. The molecule has 0 fully saturated rings. The first-order valence-corrected chi connectivity index (χ1v) is 7.67. The van der Waals surface area contributed by atoms with Crippen LogP contribution in [0.15, 0.2) is 22.7 Å². The van der Waals surface area contributed by atoms with Crippen LogP contribution in [0.4, 0.5) is 8.78 Å². The van der Waals surface area contributed by atoms with Crippen LogP contribution in [0, 0.1) is 0 Å². The van der Waals surface area contributed by atoms with Crippen LogP contribution < -0.4 is 4.74 Å². The van der Waals surface area contributed by atoms with Crippen molar-refractivity contribution in [2.24, 2.45) is 0 Å². The summed E-state index contributed by atoms with van der Waals surface area (Å²) in [7, 11) is 0. The van der Waals surface area contributed by atoms with Crippen LogP contribution in [0.2, 0.25) is 0 Å². The molecule has 0 N–H and O–H groups in total. The van der Waals surface area contributed by atoms with Gasteiger partial charge in [-0.3, -0.25) is 0 Å². The summed E-state index contributed by atoms with van der Waals surface area (Å²) in [5.41, 5.74) is 0.983. The number of hydrogen-bond donors (Lipinski definition) is 0. The van der Waals surface area contributed by atoms with Crippen molar-refractivity contribution in [2.45, 2.75) is 24.6 Å². The van der Waals surface area contributed by atoms with Crippen LogP contribution in [-0.4, -0.2) is 26.2 Å². The Bertz CT molecular complexity index is 389. The van der Waals surface area contributed by atoms with E-state index in [1.54, 1.807) is 0 Å². The molecule has 1 aromatic carbocycles. The molecule has 19 heavy (non-hydrogen) atoms. The maximum Gasteiger partial charge on any atom is 0.261 e. The largest absolute Gasteiger partial charge is 0.494 e. The molecule has 0 aromatic heterocycles. The molecule has 0 saturated carbocycles. The molecule has 108 valence electrons. The van der Waals surface area contributed by atoms with Gasteiger partial charge in [0.2, 0.25) is 0 Å². The molecule has 1 aromatic rings. The molecule has 0 radical (unpaired) electrons. The van der Waals surface area contributed by atoms with E-state index in [1.165, 1.54) is 0 Å². The number of benzene rings is 1. The molecule has 0 bridgehead atoms. The van der Waals surface area contributed by atoms with E-state index in [-0.39, 0.29) is 11.4 Å². The van der Waals surface area contributed by atoms with Crippen molar-refractivity contribution >= 4 is 31.9 Å². The van der Waals surface area contributed by atoms with Gasteiger partial charge >= 0.3 is 0 Å². The van der Waals surface area contributed by atoms with E-state index < -0.39 is 13.0 Å². The van der Waals surface area contributed by atoms with Crippen molar-refractivity contribution in [3.63, 3.8) is 0 Å². The van der Waals surface area contributed by atoms with E-state index in [2.05, 4.69) is 31.9 Å². The second kappa shape index (κ2) is 8.87.